The van der Waals surface area contributed by atoms with Crippen LogP contribution in [0.1, 0.15) is 32.6 Å². The molecule has 2 rings (SSSR count). The summed E-state index contributed by atoms with van der Waals surface area (Å²) < 4.78 is 0. The number of nitrogens with one attached hydrogen (secondary N) is 1. The number of β-amino-alcohol motifs (C(OH)–C–C–N with tert-alkyl or cyclic N) is 1. The van der Waals surface area contributed by atoms with Crippen LogP contribution in [0.25, 0.3) is 0 Å². The molecule has 0 radical (unpaired) electrons. The molecule has 1 saturated heterocycles. The maximum absolute atomic E-state index is 8.97. The second-order valence-corrected chi connectivity index (χ2v) is 6.12. The zero-order valence-corrected chi connectivity index (χ0v) is 12.5. The number of nitrogens with zero attached hydrogens (tertiary/aromatic N) is 2. The summed E-state index contributed by atoms with van der Waals surface area (Å²) in [7, 11) is 0. The summed E-state index contributed by atoms with van der Waals surface area (Å²) >= 11 is 0. The van der Waals surface area contributed by atoms with Gasteiger partial charge in [0.2, 0.25) is 0 Å². The molecule has 0 aromatic carbocycles. The zero-order valence-electron chi connectivity index (χ0n) is 12.5. The third kappa shape index (κ3) is 4.71. The third-order valence-corrected chi connectivity index (χ3v) is 4.69. The molecule has 2 aliphatic rings. The van der Waals surface area contributed by atoms with Crippen LogP contribution in [0.4, 0.5) is 0 Å². The van der Waals surface area contributed by atoms with Crippen LogP contribution in [-0.4, -0.2) is 73.4 Å². The predicted molar refractivity (Wildman–Crippen MR) is 79.4 cm³/mol. The fourth-order valence-electron chi connectivity index (χ4n) is 3.52. The molecule has 1 aliphatic heterocycles. The number of hydrogen-bond acceptors (Lipinski definition) is 4. The van der Waals surface area contributed by atoms with Crippen molar-refractivity contribution in [1.29, 1.82) is 0 Å². The largest absolute Gasteiger partial charge is 0.395 e. The molecule has 4 heteroatoms. The van der Waals surface area contributed by atoms with Gasteiger partial charge in [-0.2, -0.15) is 0 Å². The first-order valence-electron chi connectivity index (χ1n) is 8.12. The van der Waals surface area contributed by atoms with Crippen LogP contribution in [0.2, 0.25) is 0 Å². The lowest BCUT2D eigenvalue weighted by Crippen LogP contribution is -2.49. The second kappa shape index (κ2) is 8.20. The van der Waals surface area contributed by atoms with Crippen LogP contribution in [0.5, 0.6) is 0 Å². The van der Waals surface area contributed by atoms with E-state index in [4.69, 9.17) is 5.11 Å². The molecule has 0 amide bonds. The minimum Gasteiger partial charge on any atom is -0.395 e. The van der Waals surface area contributed by atoms with E-state index in [1.807, 2.05) is 0 Å². The van der Waals surface area contributed by atoms with Gasteiger partial charge >= 0.3 is 0 Å². The summed E-state index contributed by atoms with van der Waals surface area (Å²) in [6.07, 6.45) is 5.41. The second-order valence-electron chi connectivity index (χ2n) is 6.12. The van der Waals surface area contributed by atoms with Crippen LogP contribution in [0.15, 0.2) is 0 Å². The van der Waals surface area contributed by atoms with Gasteiger partial charge in [0.25, 0.3) is 0 Å². The Morgan fingerprint density at radius 3 is 2.53 bits per heavy atom. The van der Waals surface area contributed by atoms with Gasteiger partial charge in [0, 0.05) is 45.3 Å². The normalized spacial score (nSPS) is 30.0. The third-order valence-electron chi connectivity index (χ3n) is 4.69. The van der Waals surface area contributed by atoms with E-state index >= 15 is 0 Å². The van der Waals surface area contributed by atoms with E-state index in [0.717, 1.165) is 31.6 Å². The highest BCUT2D eigenvalue weighted by Crippen LogP contribution is 2.26. The van der Waals surface area contributed by atoms with E-state index < -0.39 is 0 Å². The van der Waals surface area contributed by atoms with Gasteiger partial charge in [-0.15, -0.1) is 0 Å². The van der Waals surface area contributed by atoms with Gasteiger partial charge in [-0.3, -0.25) is 4.90 Å². The Balaban J connectivity index is 1.69. The maximum atomic E-state index is 8.97. The highest BCUT2D eigenvalue weighted by molar-refractivity contribution is 4.86. The number of hydrogen-bond donors (Lipinski definition) is 2. The molecule has 112 valence electrons. The van der Waals surface area contributed by atoms with Crippen molar-refractivity contribution in [3.8, 4) is 0 Å². The van der Waals surface area contributed by atoms with E-state index in [9.17, 15) is 0 Å². The van der Waals surface area contributed by atoms with Gasteiger partial charge in [-0.1, -0.05) is 13.3 Å². The van der Waals surface area contributed by atoms with Gasteiger partial charge in [0.15, 0.2) is 0 Å². The molecule has 0 aromatic heterocycles. The minimum atomic E-state index is 0.297. The lowest BCUT2D eigenvalue weighted by molar-refractivity contribution is 0.0984. The quantitative estimate of drug-likeness (QED) is 0.716. The smallest absolute Gasteiger partial charge is 0.0558 e. The van der Waals surface area contributed by atoms with Crippen molar-refractivity contribution < 1.29 is 5.11 Å². The molecule has 2 unspecified atom stereocenters. The molecule has 19 heavy (non-hydrogen) atoms. The number of aliphatic hydroxyl groups excluding tert-OH is 1. The summed E-state index contributed by atoms with van der Waals surface area (Å²) in [5.41, 5.74) is 0. The highest BCUT2D eigenvalue weighted by Gasteiger charge is 2.29. The first-order valence-corrected chi connectivity index (χ1v) is 8.12. The van der Waals surface area contributed by atoms with Crippen LogP contribution in [-0.2, 0) is 0 Å². The average molecular weight is 269 g/mol. The van der Waals surface area contributed by atoms with Gasteiger partial charge in [-0.25, -0.2) is 0 Å². The summed E-state index contributed by atoms with van der Waals surface area (Å²) in [6, 6.07) is 0.760. The van der Waals surface area contributed by atoms with Gasteiger partial charge in [0.1, 0.15) is 0 Å². The summed E-state index contributed by atoms with van der Waals surface area (Å²) in [4.78, 5) is 5.00. The van der Waals surface area contributed by atoms with Crippen molar-refractivity contribution in [2.45, 2.75) is 38.6 Å². The van der Waals surface area contributed by atoms with Crippen LogP contribution in [0.3, 0.4) is 0 Å². The van der Waals surface area contributed by atoms with E-state index in [2.05, 4.69) is 22.0 Å². The van der Waals surface area contributed by atoms with Gasteiger partial charge in [0.05, 0.1) is 6.61 Å². The van der Waals surface area contributed by atoms with E-state index in [1.54, 1.807) is 0 Å². The topological polar surface area (TPSA) is 38.7 Å². The SMILES string of the molecule is CCCNC1CCCC1CN1CCN(CCO)CC1. The fourth-order valence-corrected chi connectivity index (χ4v) is 3.52. The van der Waals surface area contributed by atoms with E-state index in [0.29, 0.717) is 6.61 Å². The standard InChI is InChI=1S/C15H31N3O/c1-2-6-16-15-5-3-4-14(15)13-18-9-7-17(8-10-18)11-12-19/h14-16,19H,2-13H2,1H3. The van der Waals surface area contributed by atoms with Crippen molar-refractivity contribution in [2.24, 2.45) is 5.92 Å². The Hall–Kier alpha value is -0.160. The van der Waals surface area contributed by atoms with E-state index in [1.165, 1.54) is 51.9 Å². The Kier molecular flexibility index (Phi) is 6.57. The highest BCUT2D eigenvalue weighted by atomic mass is 16.3. The van der Waals surface area contributed by atoms with Crippen molar-refractivity contribution in [2.75, 3.05) is 52.4 Å². The van der Waals surface area contributed by atoms with Crippen molar-refractivity contribution in [3.63, 3.8) is 0 Å². The Bertz CT molecular complexity index is 242. The molecule has 1 aliphatic carbocycles. The zero-order chi connectivity index (χ0) is 13.5. The van der Waals surface area contributed by atoms with E-state index in [-0.39, 0.29) is 0 Å². The molecule has 2 fully saturated rings. The van der Waals surface area contributed by atoms with Crippen LogP contribution >= 0.6 is 0 Å². The first kappa shape index (κ1) is 15.2. The molecular formula is C15H31N3O. The number of rotatable bonds is 7. The molecule has 0 spiro atoms. The molecule has 0 aromatic rings. The molecular weight excluding hydrogens is 238 g/mol. The lowest BCUT2D eigenvalue weighted by atomic mass is 10.0. The average Bonchev–Trinajstić information content (AvgIpc) is 2.86. The predicted octanol–water partition coefficient (Wildman–Crippen LogP) is 0.765. The van der Waals surface area contributed by atoms with Crippen LogP contribution < -0.4 is 5.32 Å². The lowest BCUT2D eigenvalue weighted by Gasteiger charge is -2.36. The Morgan fingerprint density at radius 2 is 1.84 bits per heavy atom. The first-order chi connectivity index (χ1) is 9.33. The molecule has 4 nitrogen and oxygen atoms in total. The summed E-state index contributed by atoms with van der Waals surface area (Å²) in [5, 5.41) is 12.7. The molecule has 1 heterocycles. The van der Waals surface area contributed by atoms with Crippen molar-refractivity contribution >= 4 is 0 Å². The summed E-state index contributed by atoms with van der Waals surface area (Å²) in [6.45, 7) is 10.4. The Morgan fingerprint density at radius 1 is 1.11 bits per heavy atom. The molecule has 1 saturated carbocycles. The van der Waals surface area contributed by atoms with Gasteiger partial charge in [-0.05, 0) is 31.7 Å². The monoisotopic (exact) mass is 269 g/mol. The summed E-state index contributed by atoms with van der Waals surface area (Å²) in [5.74, 6) is 0.857. The Labute approximate surface area is 118 Å². The van der Waals surface area contributed by atoms with Crippen molar-refractivity contribution in [3.05, 3.63) is 0 Å². The molecule has 2 atom stereocenters. The molecule has 0 bridgehead atoms. The molecule has 2 N–H and O–H groups in total. The van der Waals surface area contributed by atoms with Crippen molar-refractivity contribution in [1.82, 2.24) is 15.1 Å². The van der Waals surface area contributed by atoms with Gasteiger partial charge < -0.3 is 15.3 Å². The number of aliphatic hydroxyl groups is 1. The fraction of sp³-hybridized carbons (Fsp3) is 1.00. The van der Waals surface area contributed by atoms with Crippen LogP contribution in [0, 0.1) is 5.92 Å². The number of piperazine rings is 1. The minimum absolute atomic E-state index is 0.297. The maximum Gasteiger partial charge on any atom is 0.0558 e.